The molecule has 4 heterocycles. The molecule has 6 rings (SSSR count). The molecule has 230 valence electrons. The number of hydrogen-bond donors (Lipinski definition) is 3. The molecule has 1 aliphatic carbocycles. The largest absolute Gasteiger partial charge is 0.368 e. The summed E-state index contributed by atoms with van der Waals surface area (Å²) in [4.78, 5) is 37.9. The highest BCUT2D eigenvalue weighted by Gasteiger charge is 2.19. The van der Waals surface area contributed by atoms with Crippen molar-refractivity contribution in [2.45, 2.75) is 39.0 Å². The molecule has 0 saturated carbocycles. The van der Waals surface area contributed by atoms with Crippen molar-refractivity contribution >= 4 is 52.8 Å². The van der Waals surface area contributed by atoms with Gasteiger partial charge in [-0.25, -0.2) is 4.98 Å². The van der Waals surface area contributed by atoms with Gasteiger partial charge in [0.05, 0.1) is 16.8 Å². The lowest BCUT2D eigenvalue weighted by Crippen LogP contribution is -2.47. The first-order chi connectivity index (χ1) is 21.4. The summed E-state index contributed by atoms with van der Waals surface area (Å²) in [6.45, 7) is 6.97. The van der Waals surface area contributed by atoms with Crippen LogP contribution in [0.3, 0.4) is 0 Å². The molecule has 0 spiro atoms. The van der Waals surface area contributed by atoms with Gasteiger partial charge in [0, 0.05) is 67.8 Å². The number of thiol groups is 1. The quantitative estimate of drug-likeness (QED) is 0.161. The Kier molecular flexibility index (Phi) is 9.39. The number of amides is 1. The minimum atomic E-state index is -0.139. The van der Waals surface area contributed by atoms with Gasteiger partial charge < -0.3 is 20.1 Å². The van der Waals surface area contributed by atoms with Crippen LogP contribution in [0.5, 0.6) is 0 Å². The lowest BCUT2D eigenvalue weighted by molar-refractivity contribution is 0.103. The molecule has 10 heteroatoms. The maximum atomic E-state index is 13.3. The second kappa shape index (κ2) is 13.6. The normalized spacial score (nSPS) is 15.5. The Balaban J connectivity index is 1.18. The zero-order chi connectivity index (χ0) is 30.6. The summed E-state index contributed by atoms with van der Waals surface area (Å²) in [6, 6.07) is 13.8. The molecule has 1 aliphatic heterocycles. The molecule has 1 saturated heterocycles. The molecule has 4 aromatic rings. The number of aryl methyl sites for hydroxylation is 3. The van der Waals surface area contributed by atoms with Crippen LogP contribution in [0, 0.1) is 6.92 Å². The van der Waals surface area contributed by atoms with Crippen LogP contribution in [0.2, 0.25) is 0 Å². The third-order valence-corrected chi connectivity index (χ3v) is 10.1. The van der Waals surface area contributed by atoms with Crippen LogP contribution in [-0.4, -0.2) is 58.8 Å². The number of aromatic nitrogens is 2. The monoisotopic (exact) mass is 628 g/mol. The van der Waals surface area contributed by atoms with Crippen molar-refractivity contribution in [1.82, 2.24) is 14.5 Å². The third kappa shape index (κ3) is 6.72. The van der Waals surface area contributed by atoms with Crippen LogP contribution < -0.4 is 21.1 Å². The Hall–Kier alpha value is -3.60. The Bertz CT molecular complexity index is 1670. The second-order valence-electron chi connectivity index (χ2n) is 11.7. The first-order valence-corrected chi connectivity index (χ1v) is 16.9. The molecule has 0 bridgehead atoms. The van der Waals surface area contributed by atoms with Crippen LogP contribution in [0.1, 0.15) is 44.9 Å². The highest BCUT2D eigenvalue weighted by atomic mass is 32.1. The van der Waals surface area contributed by atoms with Gasteiger partial charge >= 0.3 is 0 Å². The van der Waals surface area contributed by atoms with Gasteiger partial charge in [0.25, 0.3) is 11.5 Å². The van der Waals surface area contributed by atoms with Gasteiger partial charge in [-0.3, -0.25) is 14.5 Å². The average Bonchev–Trinajstić information content (AvgIpc) is 3.31. The molecular formula is C34H40N6O2S2. The first-order valence-electron chi connectivity index (χ1n) is 15.4. The number of nitrogens with zero attached hydrogens (tertiary/aromatic N) is 4. The van der Waals surface area contributed by atoms with E-state index in [2.05, 4.69) is 50.2 Å². The van der Waals surface area contributed by atoms with Gasteiger partial charge in [-0.1, -0.05) is 18.6 Å². The number of thiophene rings is 1. The number of carbonyl (C=O) groups excluding carboxylic acids is 1. The zero-order valence-corrected chi connectivity index (χ0v) is 27.1. The van der Waals surface area contributed by atoms with Crippen LogP contribution in [0.4, 0.5) is 22.9 Å². The topological polar surface area (TPSA) is 82.5 Å². The van der Waals surface area contributed by atoms with E-state index in [1.165, 1.54) is 29.7 Å². The van der Waals surface area contributed by atoms with Gasteiger partial charge in [0.1, 0.15) is 11.5 Å². The number of anilines is 4. The van der Waals surface area contributed by atoms with E-state index in [1.807, 2.05) is 49.6 Å². The third-order valence-electron chi connectivity index (χ3n) is 8.71. The Morgan fingerprint density at radius 2 is 1.84 bits per heavy atom. The number of carbonyl (C=O) groups is 1. The van der Waals surface area contributed by atoms with Crippen molar-refractivity contribution < 1.29 is 4.79 Å². The van der Waals surface area contributed by atoms with E-state index in [0.717, 1.165) is 84.3 Å². The lowest BCUT2D eigenvalue weighted by atomic mass is 10.00. The van der Waals surface area contributed by atoms with Gasteiger partial charge in [0.2, 0.25) is 0 Å². The number of piperazine rings is 1. The Labute approximate surface area is 268 Å². The van der Waals surface area contributed by atoms with E-state index >= 15 is 0 Å². The molecule has 1 aromatic carbocycles. The Morgan fingerprint density at radius 3 is 2.61 bits per heavy atom. The molecule has 2 N–H and O–H groups in total. The molecule has 0 unspecified atom stereocenters. The number of hydrogen-bond acceptors (Lipinski definition) is 8. The molecule has 0 radical (unpaired) electrons. The summed E-state index contributed by atoms with van der Waals surface area (Å²) in [5.41, 5.74) is 6.25. The van der Waals surface area contributed by atoms with Crippen LogP contribution >= 0.6 is 24.0 Å². The molecule has 1 amide bonds. The van der Waals surface area contributed by atoms with Crippen molar-refractivity contribution in [3.8, 4) is 11.1 Å². The molecule has 8 nitrogen and oxygen atoms in total. The molecule has 44 heavy (non-hydrogen) atoms. The van der Waals surface area contributed by atoms with E-state index in [9.17, 15) is 9.59 Å². The summed E-state index contributed by atoms with van der Waals surface area (Å²) in [6.07, 6.45) is 9.48. The highest BCUT2D eigenvalue weighted by Crippen LogP contribution is 2.32. The van der Waals surface area contributed by atoms with Crippen molar-refractivity contribution in [2.24, 2.45) is 7.05 Å². The van der Waals surface area contributed by atoms with E-state index in [1.54, 1.807) is 23.0 Å². The number of fused-ring (bicyclic) bond motifs is 1. The molecule has 1 fully saturated rings. The SMILES string of the molecule is Cc1c(NC(=O)c2cc3c(s2)CCCCC3)cccc1-c1cc(Nc2ccc(N3CCN(CCS)CC3)cn2)c(=O)n(C)c1. The van der Waals surface area contributed by atoms with E-state index in [4.69, 9.17) is 0 Å². The van der Waals surface area contributed by atoms with Crippen molar-refractivity contribution in [2.75, 3.05) is 54.0 Å². The number of pyridine rings is 2. The minimum absolute atomic E-state index is 0.0693. The number of rotatable bonds is 8. The van der Waals surface area contributed by atoms with E-state index in [0.29, 0.717) is 11.5 Å². The first kappa shape index (κ1) is 30.4. The fraction of sp³-hybridized carbons (Fsp3) is 0.382. The molecule has 2 aliphatic rings. The van der Waals surface area contributed by atoms with Crippen LogP contribution in [0.15, 0.2) is 59.7 Å². The minimum Gasteiger partial charge on any atom is -0.368 e. The Morgan fingerprint density at radius 1 is 1.02 bits per heavy atom. The predicted octanol–water partition coefficient (Wildman–Crippen LogP) is 6.13. The maximum absolute atomic E-state index is 13.3. The highest BCUT2D eigenvalue weighted by molar-refractivity contribution is 7.80. The predicted molar refractivity (Wildman–Crippen MR) is 185 cm³/mol. The summed E-state index contributed by atoms with van der Waals surface area (Å²) in [5.74, 6) is 1.42. The summed E-state index contributed by atoms with van der Waals surface area (Å²) < 4.78 is 1.58. The van der Waals surface area contributed by atoms with Gasteiger partial charge in [-0.2, -0.15) is 12.6 Å². The van der Waals surface area contributed by atoms with Gasteiger partial charge in [0.15, 0.2) is 0 Å². The van der Waals surface area contributed by atoms with Crippen LogP contribution in [0.25, 0.3) is 11.1 Å². The van der Waals surface area contributed by atoms with Crippen molar-refractivity contribution in [1.29, 1.82) is 0 Å². The zero-order valence-electron chi connectivity index (χ0n) is 25.4. The number of nitrogens with one attached hydrogen (secondary N) is 2. The summed E-state index contributed by atoms with van der Waals surface area (Å²) >= 11 is 5.98. The van der Waals surface area contributed by atoms with Gasteiger partial charge in [-0.15, -0.1) is 11.3 Å². The van der Waals surface area contributed by atoms with Crippen molar-refractivity contribution in [3.63, 3.8) is 0 Å². The van der Waals surface area contributed by atoms with Gasteiger partial charge in [-0.05, 0) is 79.6 Å². The average molecular weight is 629 g/mol. The van der Waals surface area contributed by atoms with E-state index < -0.39 is 0 Å². The smallest absolute Gasteiger partial charge is 0.274 e. The van der Waals surface area contributed by atoms with E-state index in [-0.39, 0.29) is 11.5 Å². The summed E-state index contributed by atoms with van der Waals surface area (Å²) in [5, 5.41) is 6.40. The van der Waals surface area contributed by atoms with Crippen LogP contribution in [-0.2, 0) is 19.9 Å². The number of benzene rings is 1. The molecular weight excluding hydrogens is 589 g/mol. The molecule has 3 aromatic heterocycles. The fourth-order valence-corrected chi connectivity index (χ4v) is 7.58. The molecule has 0 atom stereocenters. The fourth-order valence-electron chi connectivity index (χ4n) is 6.15. The second-order valence-corrected chi connectivity index (χ2v) is 13.3. The standard InChI is InChI=1S/C34H40N6O2S2/c1-23-27(8-6-9-28(23)37-33(41)31-20-24-7-4-3-5-10-30(24)44-31)25-19-29(34(42)38(2)22-25)36-32-12-11-26(21-35-32)40-15-13-39(14-16-40)17-18-43/h6,8-9,11-12,19-22,43H,3-5,7,10,13-18H2,1-2H3,(H,35,36)(H,37,41). The summed E-state index contributed by atoms with van der Waals surface area (Å²) in [7, 11) is 1.75. The lowest BCUT2D eigenvalue weighted by Gasteiger charge is -2.35. The maximum Gasteiger partial charge on any atom is 0.274 e. The van der Waals surface area contributed by atoms with Crippen molar-refractivity contribution in [3.05, 3.63) is 86.1 Å².